The Morgan fingerprint density at radius 2 is 2.17 bits per heavy atom. The second-order valence-electron chi connectivity index (χ2n) is 4.96. The van der Waals surface area contributed by atoms with Gasteiger partial charge in [-0.2, -0.15) is 0 Å². The number of hydrogen-bond acceptors (Lipinski definition) is 7. The molecule has 0 aromatic carbocycles. The number of hydrogen-bond donors (Lipinski definition) is 2. The molecule has 0 atom stereocenters. The van der Waals surface area contributed by atoms with E-state index in [0.29, 0.717) is 5.69 Å². The van der Waals surface area contributed by atoms with Crippen LogP contribution in [0, 0.1) is 0 Å². The molecule has 0 aliphatic carbocycles. The molecule has 0 unspecified atom stereocenters. The van der Waals surface area contributed by atoms with Gasteiger partial charge in [-0.25, -0.2) is 9.78 Å². The highest BCUT2D eigenvalue weighted by molar-refractivity contribution is 8.01. The van der Waals surface area contributed by atoms with Crippen molar-refractivity contribution in [3.8, 4) is 0 Å². The fraction of sp³-hybridized carbons (Fsp3) is 0.286. The van der Waals surface area contributed by atoms with Crippen LogP contribution < -0.4 is 11.1 Å². The zero-order valence-corrected chi connectivity index (χ0v) is 14.2. The van der Waals surface area contributed by atoms with Gasteiger partial charge >= 0.3 is 6.09 Å². The monoisotopic (exact) mass is 352 g/mol. The third-order valence-electron chi connectivity index (χ3n) is 2.77. The summed E-state index contributed by atoms with van der Waals surface area (Å²) in [5, 5.41) is 4.59. The van der Waals surface area contributed by atoms with Crippen molar-refractivity contribution in [2.45, 2.75) is 35.2 Å². The summed E-state index contributed by atoms with van der Waals surface area (Å²) >= 11 is 3.01. The van der Waals surface area contributed by atoms with Crippen molar-refractivity contribution in [1.82, 2.24) is 15.3 Å². The molecule has 2 heterocycles. The van der Waals surface area contributed by atoms with Gasteiger partial charge in [0.05, 0.1) is 12.2 Å². The molecule has 2 rings (SSSR count). The average molecular weight is 352 g/mol. The van der Waals surface area contributed by atoms with Crippen LogP contribution in [0.15, 0.2) is 39.1 Å². The largest absolute Gasteiger partial charge is 0.434 e. The molecule has 0 fully saturated rings. The highest BCUT2D eigenvalue weighted by Gasteiger charge is 2.31. The number of nitrogens with one attached hydrogen (secondary N) is 1. The minimum absolute atomic E-state index is 0.207. The van der Waals surface area contributed by atoms with Crippen LogP contribution in [0.2, 0.25) is 0 Å². The van der Waals surface area contributed by atoms with Gasteiger partial charge in [-0.15, -0.1) is 11.3 Å². The van der Waals surface area contributed by atoms with E-state index in [0.717, 1.165) is 9.24 Å². The van der Waals surface area contributed by atoms with E-state index in [9.17, 15) is 9.59 Å². The van der Waals surface area contributed by atoms with E-state index in [1.807, 2.05) is 17.5 Å². The number of carbonyl (C=O) groups is 2. The minimum Gasteiger partial charge on any atom is -0.434 e. The van der Waals surface area contributed by atoms with Crippen molar-refractivity contribution in [2.75, 3.05) is 0 Å². The summed E-state index contributed by atoms with van der Waals surface area (Å²) in [5.41, 5.74) is 4.32. The summed E-state index contributed by atoms with van der Waals surface area (Å²) in [7, 11) is 0. The molecule has 2 amide bonds. The molecule has 0 bridgehead atoms. The molecule has 7 nitrogen and oxygen atoms in total. The normalized spacial score (nSPS) is 11.0. The van der Waals surface area contributed by atoms with Gasteiger partial charge in [0, 0.05) is 22.7 Å². The van der Waals surface area contributed by atoms with Crippen LogP contribution in [-0.4, -0.2) is 27.6 Å². The SMILES string of the molecule is CC(C)(OC(N)=O)C(=O)NCc1ncccc1Sc1nccs1. The van der Waals surface area contributed by atoms with Crippen molar-refractivity contribution in [1.29, 1.82) is 0 Å². The summed E-state index contributed by atoms with van der Waals surface area (Å²) in [5.74, 6) is -0.452. The number of nitrogens with two attached hydrogens (primary N) is 1. The van der Waals surface area contributed by atoms with Gasteiger partial charge in [0.2, 0.25) is 0 Å². The summed E-state index contributed by atoms with van der Waals surface area (Å²) in [6, 6.07) is 3.73. The third kappa shape index (κ3) is 4.93. The first-order chi connectivity index (χ1) is 10.9. The van der Waals surface area contributed by atoms with Crippen LogP contribution in [-0.2, 0) is 16.1 Å². The number of carbonyl (C=O) groups excluding carboxylic acids is 2. The molecule has 2 aromatic heterocycles. The Hall–Kier alpha value is -2.13. The van der Waals surface area contributed by atoms with E-state index in [1.54, 1.807) is 12.4 Å². The van der Waals surface area contributed by atoms with Gasteiger partial charge < -0.3 is 15.8 Å². The topological polar surface area (TPSA) is 107 Å². The molecular formula is C14H16N4O3S2. The summed E-state index contributed by atoms with van der Waals surface area (Å²) in [6.45, 7) is 3.15. The third-order valence-corrected chi connectivity index (χ3v) is 4.75. The minimum atomic E-state index is -1.34. The molecule has 3 N–H and O–H groups in total. The maximum Gasteiger partial charge on any atom is 0.405 e. The maximum absolute atomic E-state index is 12.1. The Labute approximate surface area is 141 Å². The van der Waals surface area contributed by atoms with Crippen LogP contribution in [0.4, 0.5) is 4.79 Å². The van der Waals surface area contributed by atoms with Gasteiger partial charge in [-0.3, -0.25) is 9.78 Å². The molecule has 0 radical (unpaired) electrons. The van der Waals surface area contributed by atoms with E-state index >= 15 is 0 Å². The summed E-state index contributed by atoms with van der Waals surface area (Å²) in [6.07, 6.45) is 2.38. The molecule has 0 saturated heterocycles. The second-order valence-corrected chi connectivity index (χ2v) is 7.15. The molecule has 0 aliphatic rings. The highest BCUT2D eigenvalue weighted by atomic mass is 32.2. The van der Waals surface area contributed by atoms with Crippen LogP contribution in [0.1, 0.15) is 19.5 Å². The van der Waals surface area contributed by atoms with Gasteiger partial charge in [-0.05, 0) is 26.0 Å². The first-order valence-electron chi connectivity index (χ1n) is 6.66. The van der Waals surface area contributed by atoms with Crippen LogP contribution >= 0.6 is 23.1 Å². The molecule has 122 valence electrons. The Morgan fingerprint density at radius 1 is 1.39 bits per heavy atom. The van der Waals surface area contributed by atoms with E-state index in [4.69, 9.17) is 10.5 Å². The molecule has 2 aromatic rings. The lowest BCUT2D eigenvalue weighted by molar-refractivity contribution is -0.136. The molecule has 0 aliphatic heterocycles. The van der Waals surface area contributed by atoms with Crippen molar-refractivity contribution in [3.63, 3.8) is 0 Å². The number of pyridine rings is 1. The van der Waals surface area contributed by atoms with Gasteiger partial charge in [0.25, 0.3) is 5.91 Å². The Kier molecular flexibility index (Phi) is 5.56. The Morgan fingerprint density at radius 3 is 2.83 bits per heavy atom. The van der Waals surface area contributed by atoms with E-state index in [-0.39, 0.29) is 6.54 Å². The molecule has 9 heteroatoms. The molecule has 23 heavy (non-hydrogen) atoms. The number of ether oxygens (including phenoxy) is 1. The highest BCUT2D eigenvalue weighted by Crippen LogP contribution is 2.30. The van der Waals surface area contributed by atoms with E-state index in [2.05, 4.69) is 15.3 Å². The van der Waals surface area contributed by atoms with Gasteiger partial charge in [0.15, 0.2) is 9.94 Å². The predicted molar refractivity (Wildman–Crippen MR) is 87.1 cm³/mol. The molecule has 0 spiro atoms. The first-order valence-corrected chi connectivity index (χ1v) is 8.36. The smallest absolute Gasteiger partial charge is 0.405 e. The summed E-state index contributed by atoms with van der Waals surface area (Å²) in [4.78, 5) is 32.3. The fourth-order valence-corrected chi connectivity index (χ4v) is 3.36. The number of primary amides is 1. The maximum atomic E-state index is 12.1. The van der Waals surface area contributed by atoms with Crippen molar-refractivity contribution < 1.29 is 14.3 Å². The lowest BCUT2D eigenvalue weighted by Gasteiger charge is -2.22. The lowest BCUT2D eigenvalue weighted by Crippen LogP contribution is -2.46. The van der Waals surface area contributed by atoms with Crippen molar-refractivity contribution >= 4 is 35.1 Å². The fourth-order valence-electron chi connectivity index (χ4n) is 1.68. The second kappa shape index (κ2) is 7.42. The molecule has 0 saturated carbocycles. The number of aromatic nitrogens is 2. The number of amides is 2. The van der Waals surface area contributed by atoms with Crippen LogP contribution in [0.25, 0.3) is 0 Å². The quantitative estimate of drug-likeness (QED) is 0.825. The number of thiazole rings is 1. The summed E-state index contributed by atoms with van der Waals surface area (Å²) < 4.78 is 5.69. The molecular weight excluding hydrogens is 336 g/mol. The van der Waals surface area contributed by atoms with Gasteiger partial charge in [0.1, 0.15) is 0 Å². The zero-order valence-electron chi connectivity index (χ0n) is 12.6. The standard InChI is InChI=1S/C14H16N4O3S2/c1-14(2,21-12(15)20)11(19)18-8-9-10(4-3-5-16-9)23-13-17-6-7-22-13/h3-7H,8H2,1-2H3,(H2,15,20)(H,18,19). The van der Waals surface area contributed by atoms with Crippen LogP contribution in [0.3, 0.4) is 0 Å². The predicted octanol–water partition coefficient (Wildman–Crippen LogP) is 2.18. The van der Waals surface area contributed by atoms with Gasteiger partial charge in [-0.1, -0.05) is 11.8 Å². The average Bonchev–Trinajstić information content (AvgIpc) is 2.97. The zero-order chi connectivity index (χ0) is 16.9. The number of nitrogens with zero attached hydrogens (tertiary/aromatic N) is 2. The number of rotatable bonds is 6. The van der Waals surface area contributed by atoms with Crippen molar-refractivity contribution in [3.05, 3.63) is 35.6 Å². The Balaban J connectivity index is 2.03. The van der Waals surface area contributed by atoms with Crippen LogP contribution in [0.5, 0.6) is 0 Å². The van der Waals surface area contributed by atoms with E-state index in [1.165, 1.54) is 36.9 Å². The first kappa shape index (κ1) is 17.2. The lowest BCUT2D eigenvalue weighted by atomic mass is 10.1. The van der Waals surface area contributed by atoms with Crippen molar-refractivity contribution in [2.24, 2.45) is 5.73 Å². The Bertz CT molecular complexity index is 689. The van der Waals surface area contributed by atoms with E-state index < -0.39 is 17.6 Å².